The van der Waals surface area contributed by atoms with Crippen molar-refractivity contribution in [3.63, 3.8) is 0 Å². The van der Waals surface area contributed by atoms with Gasteiger partial charge in [0.15, 0.2) is 0 Å². The Labute approximate surface area is 132 Å². The Bertz CT molecular complexity index is 514. The van der Waals surface area contributed by atoms with Crippen LogP contribution in [0.5, 0.6) is 5.75 Å². The average Bonchev–Trinajstić information content (AvgIpc) is 2.48. The fourth-order valence-electron chi connectivity index (χ4n) is 2.41. The minimum absolute atomic E-state index is 0. The molecule has 5 nitrogen and oxygen atoms in total. The molecule has 120 valence electrons. The third-order valence-electron chi connectivity index (χ3n) is 3.61. The maximum Gasteiger partial charge on any atom is 0.240 e. The Morgan fingerprint density at radius 2 is 2.05 bits per heavy atom. The zero-order valence-electron chi connectivity index (χ0n) is 12.2. The molecule has 2 N–H and O–H groups in total. The van der Waals surface area contributed by atoms with Crippen molar-refractivity contribution >= 4 is 22.4 Å². The van der Waals surface area contributed by atoms with Crippen molar-refractivity contribution in [1.29, 1.82) is 0 Å². The molecule has 1 aliphatic rings. The first-order valence-electron chi connectivity index (χ1n) is 6.96. The molecule has 1 aromatic rings. The van der Waals surface area contributed by atoms with Gasteiger partial charge in [-0.1, -0.05) is 0 Å². The molecular weight excluding hydrogens is 312 g/mol. The standard InChI is InChI=1S/C14H22N2O3S.ClH/c1-19-13-4-6-14(7-5-13)20(17,18)16-10-8-12-3-2-9-15-11-12;/h4-7,12,15-16H,2-3,8-11H2,1H3;1H. The molecule has 1 heterocycles. The number of benzene rings is 1. The van der Waals surface area contributed by atoms with Gasteiger partial charge in [0.25, 0.3) is 0 Å². The second-order valence-corrected chi connectivity index (χ2v) is 6.84. The van der Waals surface area contributed by atoms with E-state index in [9.17, 15) is 8.42 Å². The van der Waals surface area contributed by atoms with Crippen molar-refractivity contribution in [2.75, 3.05) is 26.7 Å². The molecule has 0 radical (unpaired) electrons. The number of piperidine rings is 1. The van der Waals surface area contributed by atoms with Crippen LogP contribution in [0.3, 0.4) is 0 Å². The zero-order chi connectivity index (χ0) is 14.4. The molecule has 2 rings (SSSR count). The maximum absolute atomic E-state index is 12.1. The largest absolute Gasteiger partial charge is 0.497 e. The predicted octanol–water partition coefficient (Wildman–Crippen LogP) is 1.78. The number of rotatable bonds is 6. The third-order valence-corrected chi connectivity index (χ3v) is 5.09. The van der Waals surface area contributed by atoms with Gasteiger partial charge in [-0.05, 0) is 62.5 Å². The van der Waals surface area contributed by atoms with E-state index < -0.39 is 10.0 Å². The van der Waals surface area contributed by atoms with Crippen LogP contribution >= 0.6 is 12.4 Å². The molecule has 1 fully saturated rings. The van der Waals surface area contributed by atoms with Crippen molar-refractivity contribution in [3.8, 4) is 5.75 Å². The summed E-state index contributed by atoms with van der Waals surface area (Å²) in [5.74, 6) is 1.22. The average molecular weight is 335 g/mol. The van der Waals surface area contributed by atoms with E-state index in [2.05, 4.69) is 10.0 Å². The number of halogens is 1. The van der Waals surface area contributed by atoms with Crippen LogP contribution in [0, 0.1) is 5.92 Å². The number of ether oxygens (including phenoxy) is 1. The smallest absolute Gasteiger partial charge is 0.240 e. The molecule has 1 unspecified atom stereocenters. The second-order valence-electron chi connectivity index (χ2n) is 5.07. The van der Waals surface area contributed by atoms with E-state index in [1.807, 2.05) is 0 Å². The van der Waals surface area contributed by atoms with Gasteiger partial charge in [-0.25, -0.2) is 13.1 Å². The highest BCUT2D eigenvalue weighted by Gasteiger charge is 2.16. The summed E-state index contributed by atoms with van der Waals surface area (Å²) < 4.78 is 31.9. The molecule has 1 atom stereocenters. The van der Waals surface area contributed by atoms with Crippen molar-refractivity contribution in [3.05, 3.63) is 24.3 Å². The van der Waals surface area contributed by atoms with E-state index >= 15 is 0 Å². The van der Waals surface area contributed by atoms with Crippen LogP contribution in [0.15, 0.2) is 29.2 Å². The van der Waals surface area contributed by atoms with Crippen LogP contribution in [-0.4, -0.2) is 35.2 Å². The van der Waals surface area contributed by atoms with E-state index in [1.165, 1.54) is 12.8 Å². The summed E-state index contributed by atoms with van der Waals surface area (Å²) in [6.07, 6.45) is 3.23. The van der Waals surface area contributed by atoms with Crippen LogP contribution in [0.25, 0.3) is 0 Å². The van der Waals surface area contributed by atoms with Crippen molar-refractivity contribution in [2.24, 2.45) is 5.92 Å². The first kappa shape index (κ1) is 18.2. The third kappa shape index (κ3) is 5.47. The number of sulfonamides is 1. The van der Waals surface area contributed by atoms with Gasteiger partial charge in [-0.2, -0.15) is 0 Å². The second kappa shape index (κ2) is 8.58. The number of methoxy groups -OCH3 is 1. The number of hydrogen-bond acceptors (Lipinski definition) is 4. The summed E-state index contributed by atoms with van der Waals surface area (Å²) in [4.78, 5) is 0.278. The van der Waals surface area contributed by atoms with Gasteiger partial charge in [-0.3, -0.25) is 0 Å². The minimum Gasteiger partial charge on any atom is -0.497 e. The van der Waals surface area contributed by atoms with Crippen LogP contribution < -0.4 is 14.8 Å². The number of hydrogen-bond donors (Lipinski definition) is 2. The van der Waals surface area contributed by atoms with Crippen LogP contribution in [-0.2, 0) is 10.0 Å². The lowest BCUT2D eigenvalue weighted by Gasteiger charge is -2.22. The summed E-state index contributed by atoms with van der Waals surface area (Å²) >= 11 is 0. The molecule has 0 aliphatic carbocycles. The minimum atomic E-state index is -3.41. The lowest BCUT2D eigenvalue weighted by molar-refractivity contribution is 0.358. The maximum atomic E-state index is 12.1. The van der Waals surface area contributed by atoms with E-state index in [4.69, 9.17) is 4.74 Å². The molecule has 0 amide bonds. The molecule has 0 saturated carbocycles. The monoisotopic (exact) mass is 334 g/mol. The summed E-state index contributed by atoms with van der Waals surface area (Å²) in [7, 11) is -1.86. The van der Waals surface area contributed by atoms with Gasteiger partial charge < -0.3 is 10.1 Å². The summed E-state index contributed by atoms with van der Waals surface area (Å²) in [5, 5.41) is 3.34. The summed E-state index contributed by atoms with van der Waals surface area (Å²) in [6.45, 7) is 2.55. The lowest BCUT2D eigenvalue weighted by atomic mass is 9.96. The number of nitrogens with one attached hydrogen (secondary N) is 2. The topological polar surface area (TPSA) is 67.4 Å². The summed E-state index contributed by atoms with van der Waals surface area (Å²) in [6, 6.07) is 6.42. The summed E-state index contributed by atoms with van der Waals surface area (Å²) in [5.41, 5.74) is 0. The van der Waals surface area contributed by atoms with Crippen LogP contribution in [0.4, 0.5) is 0 Å². The van der Waals surface area contributed by atoms with Crippen molar-refractivity contribution < 1.29 is 13.2 Å². The van der Waals surface area contributed by atoms with Crippen LogP contribution in [0.1, 0.15) is 19.3 Å². The quantitative estimate of drug-likeness (QED) is 0.832. The van der Waals surface area contributed by atoms with E-state index in [1.54, 1.807) is 31.4 Å². The normalized spacial score (nSPS) is 18.8. The Balaban J connectivity index is 0.00000220. The molecular formula is C14H23ClN2O3S. The molecule has 0 spiro atoms. The SMILES string of the molecule is COc1ccc(S(=O)(=O)NCCC2CCCNC2)cc1.Cl. The van der Waals surface area contributed by atoms with Gasteiger partial charge >= 0.3 is 0 Å². The van der Waals surface area contributed by atoms with Crippen LogP contribution in [0.2, 0.25) is 0 Å². The highest BCUT2D eigenvalue weighted by atomic mass is 35.5. The van der Waals surface area contributed by atoms with Crippen molar-refractivity contribution in [2.45, 2.75) is 24.2 Å². The Hall–Kier alpha value is -0.820. The Morgan fingerprint density at radius 3 is 2.62 bits per heavy atom. The molecule has 1 aromatic carbocycles. The predicted molar refractivity (Wildman–Crippen MR) is 85.6 cm³/mol. The van der Waals surface area contributed by atoms with Gasteiger partial charge in [0, 0.05) is 6.54 Å². The van der Waals surface area contributed by atoms with E-state index in [0.717, 1.165) is 19.5 Å². The highest BCUT2D eigenvalue weighted by molar-refractivity contribution is 7.89. The molecule has 1 aliphatic heterocycles. The van der Waals surface area contributed by atoms with E-state index in [-0.39, 0.29) is 17.3 Å². The zero-order valence-corrected chi connectivity index (χ0v) is 13.8. The molecule has 7 heteroatoms. The fourth-order valence-corrected chi connectivity index (χ4v) is 3.45. The van der Waals surface area contributed by atoms with Crippen molar-refractivity contribution in [1.82, 2.24) is 10.0 Å². The van der Waals surface area contributed by atoms with Gasteiger partial charge in [0.2, 0.25) is 10.0 Å². The Morgan fingerprint density at radius 1 is 1.33 bits per heavy atom. The molecule has 1 saturated heterocycles. The molecule has 0 aromatic heterocycles. The molecule has 0 bridgehead atoms. The first-order valence-corrected chi connectivity index (χ1v) is 8.44. The lowest BCUT2D eigenvalue weighted by Crippen LogP contribution is -2.33. The van der Waals surface area contributed by atoms with E-state index in [0.29, 0.717) is 18.2 Å². The molecule has 21 heavy (non-hydrogen) atoms. The van der Waals surface area contributed by atoms with Gasteiger partial charge in [0.1, 0.15) is 5.75 Å². The fraction of sp³-hybridized carbons (Fsp3) is 0.571. The van der Waals surface area contributed by atoms with Gasteiger partial charge in [0.05, 0.1) is 12.0 Å². The Kier molecular flexibility index (Phi) is 7.45. The van der Waals surface area contributed by atoms with Gasteiger partial charge in [-0.15, -0.1) is 12.4 Å². The first-order chi connectivity index (χ1) is 9.62. The highest BCUT2D eigenvalue weighted by Crippen LogP contribution is 2.16.